The summed E-state index contributed by atoms with van der Waals surface area (Å²) in [7, 11) is -3.43. The van der Waals surface area contributed by atoms with Crippen LogP contribution in [-0.2, 0) is 16.6 Å². The Morgan fingerprint density at radius 1 is 1.00 bits per heavy atom. The van der Waals surface area contributed by atoms with Crippen LogP contribution in [0.3, 0.4) is 0 Å². The zero-order valence-electron chi connectivity index (χ0n) is 22.5. The molecule has 0 atom stereocenters. The number of anilines is 1. The SMILES string of the molecule is CC(C)Nc1cncc(-c2cc3c(-c4nc5c(-c6cc(F)cc(CNS(C)(=O)=O)c6)cccc5[nH]4)n[nH]c3cn2)c1. The number of hydrogen-bond donors (Lipinski definition) is 4. The molecule has 0 bridgehead atoms. The van der Waals surface area contributed by atoms with E-state index in [1.807, 2.05) is 30.3 Å². The zero-order chi connectivity index (χ0) is 28.7. The number of fused-ring (bicyclic) bond motifs is 2. The fourth-order valence-corrected chi connectivity index (χ4v) is 5.18. The third kappa shape index (κ3) is 5.65. The second kappa shape index (κ2) is 10.4. The van der Waals surface area contributed by atoms with E-state index in [4.69, 9.17) is 4.98 Å². The number of benzene rings is 2. The number of nitrogens with one attached hydrogen (secondary N) is 4. The molecule has 4 N–H and O–H groups in total. The highest BCUT2D eigenvalue weighted by Gasteiger charge is 2.17. The van der Waals surface area contributed by atoms with Crippen LogP contribution in [0.5, 0.6) is 0 Å². The number of aromatic amines is 2. The maximum absolute atomic E-state index is 14.6. The summed E-state index contributed by atoms with van der Waals surface area (Å²) >= 11 is 0. The van der Waals surface area contributed by atoms with Crippen molar-refractivity contribution in [3.8, 4) is 33.9 Å². The van der Waals surface area contributed by atoms with Crippen LogP contribution in [0.15, 0.2) is 67.1 Å². The van der Waals surface area contributed by atoms with E-state index >= 15 is 0 Å². The van der Waals surface area contributed by atoms with E-state index in [0.29, 0.717) is 33.7 Å². The van der Waals surface area contributed by atoms with Gasteiger partial charge >= 0.3 is 0 Å². The van der Waals surface area contributed by atoms with Crippen LogP contribution in [0.2, 0.25) is 0 Å². The zero-order valence-corrected chi connectivity index (χ0v) is 23.3. The Bertz CT molecular complexity index is 2020. The summed E-state index contributed by atoms with van der Waals surface area (Å²) in [5.41, 5.74) is 7.05. The van der Waals surface area contributed by atoms with Crippen LogP contribution in [0.4, 0.5) is 10.1 Å². The van der Waals surface area contributed by atoms with Gasteiger partial charge in [0.1, 0.15) is 11.5 Å². The molecule has 6 rings (SSSR count). The van der Waals surface area contributed by atoms with E-state index in [2.05, 4.69) is 49.0 Å². The Kier molecular flexibility index (Phi) is 6.72. The van der Waals surface area contributed by atoms with Crippen molar-refractivity contribution < 1.29 is 12.8 Å². The smallest absolute Gasteiger partial charge is 0.209 e. The monoisotopic (exact) mass is 570 g/mol. The first-order valence-corrected chi connectivity index (χ1v) is 14.8. The number of H-pyrrole nitrogens is 2. The van der Waals surface area contributed by atoms with Crippen LogP contribution >= 0.6 is 0 Å². The first-order valence-electron chi connectivity index (χ1n) is 12.9. The van der Waals surface area contributed by atoms with Gasteiger partial charge in [-0.15, -0.1) is 0 Å². The molecular formula is C29H27FN8O2S. The molecule has 0 aliphatic rings. The summed E-state index contributed by atoms with van der Waals surface area (Å²) < 4.78 is 40.1. The summed E-state index contributed by atoms with van der Waals surface area (Å²) in [6, 6.07) is 14.3. The fraction of sp³-hybridized carbons (Fsp3) is 0.172. The molecule has 0 fully saturated rings. The Labute approximate surface area is 235 Å². The highest BCUT2D eigenvalue weighted by molar-refractivity contribution is 7.88. The van der Waals surface area contributed by atoms with Crippen molar-refractivity contribution in [2.75, 3.05) is 11.6 Å². The number of aromatic nitrogens is 6. The molecule has 2 aromatic carbocycles. The van der Waals surface area contributed by atoms with Gasteiger partial charge in [-0.3, -0.25) is 15.1 Å². The second-order valence-corrected chi connectivity index (χ2v) is 12.0. The quantitative estimate of drug-likeness (QED) is 0.196. The summed E-state index contributed by atoms with van der Waals surface area (Å²) in [5, 5.41) is 11.7. The molecule has 10 nitrogen and oxygen atoms in total. The predicted molar refractivity (Wildman–Crippen MR) is 158 cm³/mol. The minimum absolute atomic E-state index is 0.0209. The molecule has 4 heterocycles. The van der Waals surface area contributed by atoms with E-state index in [-0.39, 0.29) is 12.6 Å². The Hall–Kier alpha value is -4.68. The van der Waals surface area contributed by atoms with E-state index in [1.165, 1.54) is 12.1 Å². The van der Waals surface area contributed by atoms with Crippen LogP contribution in [-0.4, -0.2) is 50.8 Å². The lowest BCUT2D eigenvalue weighted by molar-refractivity contribution is 0.586. The van der Waals surface area contributed by atoms with E-state index < -0.39 is 15.8 Å². The molecule has 41 heavy (non-hydrogen) atoms. The van der Waals surface area contributed by atoms with Gasteiger partial charge in [-0.25, -0.2) is 22.5 Å². The topological polar surface area (TPSA) is 141 Å². The number of sulfonamides is 1. The normalized spacial score (nSPS) is 12.0. The fourth-order valence-electron chi connectivity index (χ4n) is 4.75. The van der Waals surface area contributed by atoms with Crippen LogP contribution < -0.4 is 10.0 Å². The van der Waals surface area contributed by atoms with Crippen molar-refractivity contribution in [1.29, 1.82) is 0 Å². The minimum Gasteiger partial charge on any atom is -0.382 e. The number of para-hydroxylation sites is 1. The number of nitrogens with zero attached hydrogens (tertiary/aromatic N) is 4. The first kappa shape index (κ1) is 26.5. The molecule has 0 aliphatic carbocycles. The van der Waals surface area contributed by atoms with Gasteiger partial charge < -0.3 is 10.3 Å². The first-order chi connectivity index (χ1) is 19.6. The maximum Gasteiger partial charge on any atom is 0.209 e. The summed E-state index contributed by atoms with van der Waals surface area (Å²) in [6.07, 6.45) is 6.35. The Morgan fingerprint density at radius 3 is 2.66 bits per heavy atom. The van der Waals surface area contributed by atoms with Gasteiger partial charge in [0.15, 0.2) is 5.82 Å². The molecule has 0 aliphatic heterocycles. The molecule has 12 heteroatoms. The van der Waals surface area contributed by atoms with Gasteiger partial charge in [0, 0.05) is 41.5 Å². The maximum atomic E-state index is 14.6. The largest absolute Gasteiger partial charge is 0.382 e. The van der Waals surface area contributed by atoms with Crippen molar-refractivity contribution in [3.05, 3.63) is 78.5 Å². The molecule has 0 saturated carbocycles. The standard InChI is InChI=1S/C29H27FN8O2S/c1-16(2)34-21-10-19(13-31-14-21)25-11-23-26(15-32-25)37-38-28(23)29-35-24-6-4-5-22(27(24)36-29)18-7-17(8-20(30)9-18)12-33-41(3,39)40/h4-11,13-16,33-34H,12H2,1-3H3,(H,35,36)(H,37,38). The lowest BCUT2D eigenvalue weighted by Gasteiger charge is -2.10. The van der Waals surface area contributed by atoms with E-state index in [9.17, 15) is 12.8 Å². The number of hydrogen-bond acceptors (Lipinski definition) is 7. The molecule has 4 aromatic heterocycles. The van der Waals surface area contributed by atoms with Crippen molar-refractivity contribution in [3.63, 3.8) is 0 Å². The minimum atomic E-state index is -3.43. The predicted octanol–water partition coefficient (Wildman–Crippen LogP) is 5.24. The van der Waals surface area contributed by atoms with Crippen LogP contribution in [0, 0.1) is 5.82 Å². The average molecular weight is 571 g/mol. The molecular weight excluding hydrogens is 543 g/mol. The van der Waals surface area contributed by atoms with Gasteiger partial charge in [-0.1, -0.05) is 12.1 Å². The lowest BCUT2D eigenvalue weighted by Crippen LogP contribution is -2.21. The number of imidazole rings is 1. The highest BCUT2D eigenvalue weighted by Crippen LogP contribution is 2.33. The molecule has 0 unspecified atom stereocenters. The molecule has 0 spiro atoms. The van der Waals surface area contributed by atoms with E-state index in [1.54, 1.807) is 24.7 Å². The van der Waals surface area contributed by atoms with Gasteiger partial charge in [0.05, 0.1) is 40.4 Å². The number of rotatable bonds is 8. The second-order valence-electron chi connectivity index (χ2n) is 10.2. The average Bonchev–Trinajstić information content (AvgIpc) is 3.54. The third-order valence-corrected chi connectivity index (χ3v) is 7.15. The summed E-state index contributed by atoms with van der Waals surface area (Å²) in [5.74, 6) is 0.0700. The van der Waals surface area contributed by atoms with Crippen molar-refractivity contribution in [2.45, 2.75) is 26.4 Å². The van der Waals surface area contributed by atoms with Crippen molar-refractivity contribution >= 4 is 37.6 Å². The van der Waals surface area contributed by atoms with Gasteiger partial charge in [0.2, 0.25) is 10.0 Å². The number of halogens is 1. The summed E-state index contributed by atoms with van der Waals surface area (Å²) in [4.78, 5) is 17.2. The van der Waals surface area contributed by atoms with Gasteiger partial charge in [-0.05, 0) is 61.4 Å². The molecule has 208 valence electrons. The third-order valence-electron chi connectivity index (χ3n) is 6.48. The summed E-state index contributed by atoms with van der Waals surface area (Å²) in [6.45, 7) is 4.11. The molecule has 6 aromatic rings. The molecule has 0 radical (unpaired) electrons. The lowest BCUT2D eigenvalue weighted by atomic mass is 10.0. The van der Waals surface area contributed by atoms with Crippen molar-refractivity contribution in [1.82, 2.24) is 34.9 Å². The highest BCUT2D eigenvalue weighted by atomic mass is 32.2. The Morgan fingerprint density at radius 2 is 1.85 bits per heavy atom. The Balaban J connectivity index is 1.40. The number of pyridine rings is 2. The van der Waals surface area contributed by atoms with Gasteiger partial charge in [0.25, 0.3) is 0 Å². The van der Waals surface area contributed by atoms with Crippen LogP contribution in [0.1, 0.15) is 19.4 Å². The van der Waals surface area contributed by atoms with E-state index in [0.717, 1.165) is 39.6 Å². The van der Waals surface area contributed by atoms with Crippen molar-refractivity contribution in [2.24, 2.45) is 0 Å². The van der Waals surface area contributed by atoms with Crippen LogP contribution in [0.25, 0.3) is 55.8 Å². The molecule has 0 amide bonds. The van der Waals surface area contributed by atoms with Gasteiger partial charge in [-0.2, -0.15) is 5.10 Å². The molecule has 0 saturated heterocycles.